The first-order valence-corrected chi connectivity index (χ1v) is 12.3. The van der Waals surface area contributed by atoms with E-state index in [0.717, 1.165) is 50.6 Å². The molecule has 3 rings (SSSR count). The van der Waals surface area contributed by atoms with Crippen molar-refractivity contribution in [3.63, 3.8) is 0 Å². The molecule has 0 aromatic heterocycles. The van der Waals surface area contributed by atoms with E-state index in [4.69, 9.17) is 12.2 Å². The van der Waals surface area contributed by atoms with Crippen LogP contribution in [0.4, 0.5) is 0 Å². The van der Waals surface area contributed by atoms with Crippen molar-refractivity contribution in [1.82, 2.24) is 9.80 Å². The van der Waals surface area contributed by atoms with Gasteiger partial charge < -0.3 is 4.90 Å². The van der Waals surface area contributed by atoms with Crippen molar-refractivity contribution in [2.45, 2.75) is 71.3 Å². The molecule has 6 heteroatoms. The van der Waals surface area contributed by atoms with E-state index < -0.39 is 0 Å². The summed E-state index contributed by atoms with van der Waals surface area (Å²) in [5, 5.41) is 0. The highest BCUT2D eigenvalue weighted by Gasteiger charge is 2.31. The normalized spacial score (nSPS) is 21.0. The lowest BCUT2D eigenvalue weighted by Gasteiger charge is -2.35. The van der Waals surface area contributed by atoms with Gasteiger partial charge in [0, 0.05) is 25.6 Å². The van der Waals surface area contributed by atoms with E-state index in [1.165, 1.54) is 23.7 Å². The van der Waals surface area contributed by atoms with Crippen LogP contribution in [-0.4, -0.2) is 45.1 Å². The summed E-state index contributed by atoms with van der Waals surface area (Å²) < 4.78 is 0.633. The average molecular weight is 445 g/mol. The molecule has 0 radical (unpaired) electrons. The molecule has 4 nitrogen and oxygen atoms in total. The van der Waals surface area contributed by atoms with Gasteiger partial charge >= 0.3 is 0 Å². The summed E-state index contributed by atoms with van der Waals surface area (Å²) >= 11 is 6.81. The monoisotopic (exact) mass is 444 g/mol. The summed E-state index contributed by atoms with van der Waals surface area (Å²) in [6.07, 6.45) is 9.78. The van der Waals surface area contributed by atoms with E-state index >= 15 is 0 Å². The van der Waals surface area contributed by atoms with Gasteiger partial charge in [0.15, 0.2) is 0 Å². The Bertz CT molecular complexity index is 804. The van der Waals surface area contributed by atoms with Crippen molar-refractivity contribution in [3.05, 3.63) is 40.3 Å². The fourth-order valence-electron chi connectivity index (χ4n) is 4.13. The third kappa shape index (κ3) is 5.94. The molecule has 162 valence electrons. The van der Waals surface area contributed by atoms with Gasteiger partial charge in [-0.05, 0) is 57.1 Å². The minimum atomic E-state index is 0.000700. The number of hydrogen-bond acceptors (Lipinski definition) is 4. The lowest BCUT2D eigenvalue weighted by atomic mass is 9.99. The van der Waals surface area contributed by atoms with Gasteiger partial charge in [-0.2, -0.15) is 0 Å². The summed E-state index contributed by atoms with van der Waals surface area (Å²) in [6, 6.07) is 8.55. The average Bonchev–Trinajstić information content (AvgIpc) is 3.02. The zero-order valence-electron chi connectivity index (χ0n) is 18.1. The molecule has 1 aromatic carbocycles. The van der Waals surface area contributed by atoms with Crippen LogP contribution in [0.1, 0.15) is 69.4 Å². The molecule has 2 saturated heterocycles. The van der Waals surface area contributed by atoms with Crippen molar-refractivity contribution >= 4 is 46.2 Å². The van der Waals surface area contributed by atoms with Gasteiger partial charge in [0.1, 0.15) is 4.32 Å². The number of benzene rings is 1. The number of likely N-dealkylation sites (tertiary alicyclic amines) is 1. The summed E-state index contributed by atoms with van der Waals surface area (Å²) in [5.41, 5.74) is 2.21. The predicted molar refractivity (Wildman–Crippen MR) is 129 cm³/mol. The molecular formula is C24H32N2O2S2. The smallest absolute Gasteiger partial charge is 0.266 e. The Morgan fingerprint density at radius 3 is 2.70 bits per heavy atom. The van der Waals surface area contributed by atoms with Crippen LogP contribution in [0.2, 0.25) is 0 Å². The SMILES string of the molecule is CC[C@H]1CCCCN1C(=O)CCCCCN1C(=O)/C(=C/c2ccc(C)cc2)SC1=S. The Labute approximate surface area is 190 Å². The molecular weight excluding hydrogens is 412 g/mol. The Balaban J connectivity index is 1.42. The van der Waals surface area contributed by atoms with Crippen molar-refractivity contribution in [1.29, 1.82) is 0 Å². The number of nitrogens with zero attached hydrogens (tertiary/aromatic N) is 2. The first-order chi connectivity index (χ1) is 14.5. The second kappa shape index (κ2) is 11.1. The third-order valence-corrected chi connectivity index (χ3v) is 7.32. The topological polar surface area (TPSA) is 40.6 Å². The number of thiocarbonyl (C=S) groups is 1. The molecule has 0 unspecified atom stereocenters. The molecule has 0 bridgehead atoms. The van der Waals surface area contributed by atoms with E-state index in [2.05, 4.69) is 11.8 Å². The number of unbranched alkanes of at least 4 members (excludes halogenated alkanes) is 2. The predicted octanol–water partition coefficient (Wildman–Crippen LogP) is 5.55. The van der Waals surface area contributed by atoms with Gasteiger partial charge in [0.05, 0.1) is 4.91 Å². The maximum Gasteiger partial charge on any atom is 0.266 e. The van der Waals surface area contributed by atoms with Crippen LogP contribution in [0.15, 0.2) is 29.2 Å². The Morgan fingerprint density at radius 1 is 1.20 bits per heavy atom. The Hall–Kier alpha value is -1.66. The zero-order chi connectivity index (χ0) is 21.5. The number of thioether (sulfide) groups is 1. The number of piperidine rings is 1. The molecule has 2 amide bonds. The van der Waals surface area contributed by atoms with Gasteiger partial charge in [0.25, 0.3) is 5.91 Å². The largest absolute Gasteiger partial charge is 0.340 e. The molecule has 1 atom stereocenters. The second-order valence-electron chi connectivity index (χ2n) is 8.20. The van der Waals surface area contributed by atoms with Gasteiger partial charge in [-0.1, -0.05) is 67.2 Å². The lowest BCUT2D eigenvalue weighted by molar-refractivity contribution is -0.135. The zero-order valence-corrected chi connectivity index (χ0v) is 19.7. The van der Waals surface area contributed by atoms with Crippen LogP contribution >= 0.6 is 24.0 Å². The molecule has 2 aliphatic heterocycles. The van der Waals surface area contributed by atoms with Crippen LogP contribution in [0.25, 0.3) is 6.08 Å². The maximum atomic E-state index is 12.7. The van der Waals surface area contributed by atoms with Crippen molar-refractivity contribution in [2.75, 3.05) is 13.1 Å². The van der Waals surface area contributed by atoms with Crippen LogP contribution in [0, 0.1) is 6.92 Å². The van der Waals surface area contributed by atoms with Crippen molar-refractivity contribution in [2.24, 2.45) is 0 Å². The first-order valence-electron chi connectivity index (χ1n) is 11.1. The van der Waals surface area contributed by atoms with Crippen LogP contribution in [0.3, 0.4) is 0 Å². The van der Waals surface area contributed by atoms with Crippen LogP contribution in [0.5, 0.6) is 0 Å². The highest BCUT2D eigenvalue weighted by Crippen LogP contribution is 2.32. The quantitative estimate of drug-likeness (QED) is 0.299. The van der Waals surface area contributed by atoms with Crippen molar-refractivity contribution in [3.8, 4) is 0 Å². The molecule has 2 aliphatic rings. The van der Waals surface area contributed by atoms with Crippen molar-refractivity contribution < 1.29 is 9.59 Å². The number of aryl methyl sites for hydroxylation is 1. The van der Waals surface area contributed by atoms with Crippen LogP contribution in [-0.2, 0) is 9.59 Å². The van der Waals surface area contributed by atoms with E-state index in [1.807, 2.05) is 37.3 Å². The number of amides is 2. The highest BCUT2D eigenvalue weighted by molar-refractivity contribution is 8.26. The molecule has 0 spiro atoms. The summed E-state index contributed by atoms with van der Waals surface area (Å²) in [6.45, 7) is 5.77. The lowest BCUT2D eigenvalue weighted by Crippen LogP contribution is -2.43. The molecule has 2 fully saturated rings. The molecule has 0 N–H and O–H groups in total. The summed E-state index contributed by atoms with van der Waals surface area (Å²) in [4.78, 5) is 29.8. The summed E-state index contributed by atoms with van der Waals surface area (Å²) in [5.74, 6) is 0.300. The third-order valence-electron chi connectivity index (χ3n) is 5.94. The highest BCUT2D eigenvalue weighted by atomic mass is 32.2. The first kappa shape index (κ1) is 23.0. The Kier molecular flexibility index (Phi) is 8.51. The standard InChI is InChI=1S/C24H32N2O2S2/c1-3-20-9-6-8-15-25(20)22(27)10-5-4-7-16-26-23(28)21(30-24(26)29)17-19-13-11-18(2)12-14-19/h11-14,17,20H,3-10,15-16H2,1-2H3/b21-17-/t20-/m0/s1. The molecule has 0 saturated carbocycles. The van der Waals surface area contributed by atoms with Gasteiger partial charge in [-0.25, -0.2) is 0 Å². The minimum absolute atomic E-state index is 0.000700. The Morgan fingerprint density at radius 2 is 1.97 bits per heavy atom. The number of carbonyl (C=O) groups excluding carboxylic acids is 2. The van der Waals surface area contributed by atoms with Gasteiger partial charge in [-0.15, -0.1) is 0 Å². The molecule has 0 aliphatic carbocycles. The van der Waals surface area contributed by atoms with E-state index in [1.54, 1.807) is 4.90 Å². The van der Waals surface area contributed by atoms with E-state index in [0.29, 0.717) is 34.1 Å². The number of hydrogen-bond donors (Lipinski definition) is 0. The fourth-order valence-corrected chi connectivity index (χ4v) is 5.44. The minimum Gasteiger partial charge on any atom is -0.340 e. The van der Waals surface area contributed by atoms with E-state index in [9.17, 15) is 9.59 Å². The van der Waals surface area contributed by atoms with E-state index in [-0.39, 0.29) is 5.91 Å². The van der Waals surface area contributed by atoms with Crippen LogP contribution < -0.4 is 0 Å². The summed E-state index contributed by atoms with van der Waals surface area (Å²) in [7, 11) is 0. The molecule has 30 heavy (non-hydrogen) atoms. The molecule has 2 heterocycles. The number of rotatable bonds is 8. The fraction of sp³-hybridized carbons (Fsp3) is 0.542. The maximum absolute atomic E-state index is 12.7. The van der Waals surface area contributed by atoms with Gasteiger partial charge in [-0.3, -0.25) is 14.5 Å². The van der Waals surface area contributed by atoms with Gasteiger partial charge in [0.2, 0.25) is 5.91 Å². The molecule has 1 aromatic rings. The second-order valence-corrected chi connectivity index (χ2v) is 9.88. The number of carbonyl (C=O) groups is 2.